The van der Waals surface area contributed by atoms with E-state index in [1.54, 1.807) is 36.4 Å². The van der Waals surface area contributed by atoms with Crippen LogP contribution in [0.25, 0.3) is 11.3 Å². The number of benzene rings is 1. The van der Waals surface area contributed by atoms with Crippen LogP contribution in [0, 0.1) is 5.82 Å². The van der Waals surface area contributed by atoms with Gasteiger partial charge in [-0.05, 0) is 31.5 Å². The summed E-state index contributed by atoms with van der Waals surface area (Å²) < 4.78 is 21.2. The summed E-state index contributed by atoms with van der Waals surface area (Å²) in [5, 5.41) is 12.5. The molecule has 3 aromatic rings. The molecule has 1 aliphatic rings. The topological polar surface area (TPSA) is 68.8 Å². The van der Waals surface area contributed by atoms with Crippen molar-refractivity contribution in [1.82, 2.24) is 25.1 Å². The minimum atomic E-state index is -0.293. The van der Waals surface area contributed by atoms with Gasteiger partial charge in [0.1, 0.15) is 12.1 Å². The van der Waals surface area contributed by atoms with Gasteiger partial charge >= 0.3 is 0 Å². The van der Waals surface area contributed by atoms with Crippen LogP contribution in [0.4, 0.5) is 4.39 Å². The smallest absolute Gasteiger partial charge is 0.205 e. The molecule has 2 aromatic heterocycles. The molecule has 1 aliphatic heterocycles. The molecule has 0 bridgehead atoms. The van der Waals surface area contributed by atoms with E-state index < -0.39 is 0 Å². The Morgan fingerprint density at radius 3 is 3.20 bits per heavy atom. The second kappa shape index (κ2) is 7.37. The van der Waals surface area contributed by atoms with E-state index in [-0.39, 0.29) is 5.82 Å². The number of halogens is 1. The van der Waals surface area contributed by atoms with Gasteiger partial charge in [-0.25, -0.2) is 9.37 Å². The number of rotatable bonds is 5. The van der Waals surface area contributed by atoms with Crippen molar-refractivity contribution in [3.63, 3.8) is 0 Å². The standard InChI is InChI=1S/C17H18FN5OS/c18-13-4-1-3-12(7-13)15-9-20-16(24-15)10-25-17-22-21-11-23(17)14-5-2-6-19-8-14/h1,3-4,7,9,11,14,19H,2,5-6,8,10H2. The van der Waals surface area contributed by atoms with E-state index >= 15 is 0 Å². The largest absolute Gasteiger partial charge is 0.440 e. The lowest BCUT2D eigenvalue weighted by Crippen LogP contribution is -2.31. The number of aromatic nitrogens is 4. The fraction of sp³-hybridized carbons (Fsp3) is 0.353. The van der Waals surface area contributed by atoms with Crippen molar-refractivity contribution in [3.05, 3.63) is 48.5 Å². The summed E-state index contributed by atoms with van der Waals surface area (Å²) in [5.74, 6) is 1.40. The molecule has 4 rings (SSSR count). The molecule has 130 valence electrons. The molecule has 1 unspecified atom stereocenters. The third-order valence-electron chi connectivity index (χ3n) is 4.19. The summed E-state index contributed by atoms with van der Waals surface area (Å²) in [6.45, 7) is 2.01. The Hall–Kier alpha value is -2.19. The van der Waals surface area contributed by atoms with Gasteiger partial charge in [-0.2, -0.15) is 0 Å². The van der Waals surface area contributed by atoms with E-state index in [2.05, 4.69) is 25.1 Å². The minimum Gasteiger partial charge on any atom is -0.440 e. The highest BCUT2D eigenvalue weighted by Gasteiger charge is 2.19. The third kappa shape index (κ3) is 3.74. The zero-order valence-corrected chi connectivity index (χ0v) is 14.4. The molecule has 0 aliphatic carbocycles. The maximum Gasteiger partial charge on any atom is 0.205 e. The lowest BCUT2D eigenvalue weighted by molar-refractivity contribution is 0.354. The normalized spacial score (nSPS) is 17.7. The Balaban J connectivity index is 1.43. The summed E-state index contributed by atoms with van der Waals surface area (Å²) in [6.07, 6.45) is 5.69. The van der Waals surface area contributed by atoms with E-state index in [0.29, 0.717) is 29.0 Å². The van der Waals surface area contributed by atoms with E-state index in [0.717, 1.165) is 31.1 Å². The Labute approximate surface area is 148 Å². The number of nitrogens with one attached hydrogen (secondary N) is 1. The van der Waals surface area contributed by atoms with Crippen molar-refractivity contribution >= 4 is 11.8 Å². The zero-order chi connectivity index (χ0) is 17.1. The van der Waals surface area contributed by atoms with Crippen LogP contribution < -0.4 is 5.32 Å². The molecule has 25 heavy (non-hydrogen) atoms. The van der Waals surface area contributed by atoms with Crippen LogP contribution in [-0.2, 0) is 5.75 Å². The summed E-state index contributed by atoms with van der Waals surface area (Å²) in [7, 11) is 0. The third-order valence-corrected chi connectivity index (χ3v) is 5.13. The molecule has 0 radical (unpaired) electrons. The van der Waals surface area contributed by atoms with E-state index in [4.69, 9.17) is 4.42 Å². The van der Waals surface area contributed by atoms with Gasteiger partial charge in [0.05, 0.1) is 11.9 Å². The molecule has 8 heteroatoms. The van der Waals surface area contributed by atoms with E-state index in [1.807, 2.05) is 0 Å². The molecule has 1 N–H and O–H groups in total. The Morgan fingerprint density at radius 1 is 1.40 bits per heavy atom. The second-order valence-electron chi connectivity index (χ2n) is 5.94. The molecule has 6 nitrogen and oxygen atoms in total. The van der Waals surface area contributed by atoms with Crippen molar-refractivity contribution in [2.24, 2.45) is 0 Å². The number of hydrogen-bond acceptors (Lipinski definition) is 6. The highest BCUT2D eigenvalue weighted by atomic mass is 32.2. The molecule has 1 atom stereocenters. The summed E-state index contributed by atoms with van der Waals surface area (Å²) in [6, 6.07) is 6.68. The first-order valence-corrected chi connectivity index (χ1v) is 9.22. The molecule has 3 heterocycles. The Kier molecular flexibility index (Phi) is 4.80. The van der Waals surface area contributed by atoms with Gasteiger partial charge in [0, 0.05) is 18.2 Å². The average molecular weight is 359 g/mol. The van der Waals surface area contributed by atoms with Gasteiger partial charge in [-0.15, -0.1) is 10.2 Å². The maximum atomic E-state index is 13.3. The van der Waals surface area contributed by atoms with Gasteiger partial charge < -0.3 is 14.3 Å². The number of piperidine rings is 1. The molecule has 0 spiro atoms. The fourth-order valence-electron chi connectivity index (χ4n) is 2.94. The van der Waals surface area contributed by atoms with Crippen LogP contribution in [0.5, 0.6) is 0 Å². The van der Waals surface area contributed by atoms with Crippen LogP contribution >= 0.6 is 11.8 Å². The van der Waals surface area contributed by atoms with Crippen LogP contribution in [0.2, 0.25) is 0 Å². The lowest BCUT2D eigenvalue weighted by Gasteiger charge is -2.24. The first kappa shape index (κ1) is 16.3. The van der Waals surface area contributed by atoms with Gasteiger partial charge in [-0.1, -0.05) is 23.9 Å². The number of oxazole rings is 1. The van der Waals surface area contributed by atoms with Crippen LogP contribution in [0.1, 0.15) is 24.8 Å². The molecule has 1 saturated heterocycles. The van der Waals surface area contributed by atoms with E-state index in [1.165, 1.54) is 12.1 Å². The molecular formula is C17H18FN5OS. The monoisotopic (exact) mass is 359 g/mol. The van der Waals surface area contributed by atoms with Gasteiger partial charge in [0.25, 0.3) is 0 Å². The average Bonchev–Trinajstić information content (AvgIpc) is 3.30. The molecule has 1 aromatic carbocycles. The lowest BCUT2D eigenvalue weighted by atomic mass is 10.1. The molecule has 0 amide bonds. The molecule has 1 fully saturated rings. The fourth-order valence-corrected chi connectivity index (χ4v) is 3.77. The maximum absolute atomic E-state index is 13.3. The van der Waals surface area contributed by atoms with Crippen molar-refractivity contribution in [1.29, 1.82) is 0 Å². The second-order valence-corrected chi connectivity index (χ2v) is 6.88. The highest BCUT2D eigenvalue weighted by Crippen LogP contribution is 2.27. The van der Waals surface area contributed by atoms with Gasteiger partial charge in [-0.3, -0.25) is 0 Å². The predicted molar refractivity (Wildman–Crippen MR) is 92.6 cm³/mol. The number of thioether (sulfide) groups is 1. The SMILES string of the molecule is Fc1cccc(-c2cnc(CSc3nncn3C3CCCNC3)o2)c1. The summed E-state index contributed by atoms with van der Waals surface area (Å²) in [4.78, 5) is 4.28. The first-order chi connectivity index (χ1) is 12.3. The molecule has 0 saturated carbocycles. The predicted octanol–water partition coefficient (Wildman–Crippen LogP) is 3.29. The van der Waals surface area contributed by atoms with Crippen LogP contribution in [-0.4, -0.2) is 32.8 Å². The quantitative estimate of drug-likeness (QED) is 0.705. The Morgan fingerprint density at radius 2 is 2.36 bits per heavy atom. The van der Waals surface area contributed by atoms with Gasteiger partial charge in [0.15, 0.2) is 10.9 Å². The first-order valence-electron chi connectivity index (χ1n) is 8.23. The zero-order valence-electron chi connectivity index (χ0n) is 13.6. The van der Waals surface area contributed by atoms with Crippen LogP contribution in [0.15, 0.2) is 46.4 Å². The number of hydrogen-bond donors (Lipinski definition) is 1. The van der Waals surface area contributed by atoms with Gasteiger partial charge in [0.2, 0.25) is 5.89 Å². The highest BCUT2D eigenvalue weighted by molar-refractivity contribution is 7.98. The van der Waals surface area contributed by atoms with E-state index in [9.17, 15) is 4.39 Å². The van der Waals surface area contributed by atoms with Crippen molar-refractivity contribution in [2.45, 2.75) is 29.8 Å². The van der Waals surface area contributed by atoms with Crippen molar-refractivity contribution in [3.8, 4) is 11.3 Å². The Bertz CT molecular complexity index is 843. The minimum absolute atomic E-state index is 0.293. The van der Waals surface area contributed by atoms with Crippen molar-refractivity contribution < 1.29 is 8.81 Å². The number of nitrogens with zero attached hydrogens (tertiary/aromatic N) is 4. The summed E-state index contributed by atoms with van der Waals surface area (Å²) >= 11 is 1.54. The van der Waals surface area contributed by atoms with Crippen molar-refractivity contribution in [2.75, 3.05) is 13.1 Å². The summed E-state index contributed by atoms with van der Waals surface area (Å²) in [5.41, 5.74) is 0.681. The molecular weight excluding hydrogens is 341 g/mol. The van der Waals surface area contributed by atoms with Crippen LogP contribution in [0.3, 0.4) is 0 Å².